The Morgan fingerprint density at radius 3 is 2.74 bits per heavy atom. The van der Waals surface area contributed by atoms with E-state index in [4.69, 9.17) is 4.74 Å². The zero-order valence-corrected chi connectivity index (χ0v) is 13.2. The number of rotatable bonds is 8. The maximum Gasteiger partial charge on any atom is 0.0897 e. The van der Waals surface area contributed by atoms with Crippen LogP contribution in [-0.2, 0) is 15.5 Å². The van der Waals surface area contributed by atoms with Crippen LogP contribution in [0, 0.1) is 5.92 Å². The molecule has 0 aromatic heterocycles. The summed E-state index contributed by atoms with van der Waals surface area (Å²) in [7, 11) is -0.798. The molecular weight excluding hydrogens is 262 g/mol. The molecule has 0 aliphatic heterocycles. The minimum absolute atomic E-state index is 0.161. The van der Waals surface area contributed by atoms with Crippen molar-refractivity contribution in [2.75, 3.05) is 25.2 Å². The highest BCUT2D eigenvalue weighted by Gasteiger charge is 2.22. The molecule has 0 amide bonds. The van der Waals surface area contributed by atoms with Gasteiger partial charge in [-0.05, 0) is 25.7 Å². The molecule has 4 nitrogen and oxygen atoms in total. The van der Waals surface area contributed by atoms with E-state index in [1.54, 1.807) is 6.26 Å². The van der Waals surface area contributed by atoms with Crippen molar-refractivity contribution in [3.8, 4) is 0 Å². The van der Waals surface area contributed by atoms with Crippen LogP contribution in [0.15, 0.2) is 0 Å². The normalized spacial score (nSPS) is 28.8. The Kier molecular flexibility index (Phi) is 8.14. The van der Waals surface area contributed by atoms with Crippen molar-refractivity contribution in [2.24, 2.45) is 5.92 Å². The molecule has 1 saturated carbocycles. The number of aliphatic hydroxyl groups is 1. The topological polar surface area (TPSA) is 58.6 Å². The van der Waals surface area contributed by atoms with Gasteiger partial charge in [0.05, 0.1) is 18.8 Å². The van der Waals surface area contributed by atoms with Gasteiger partial charge in [0.2, 0.25) is 0 Å². The van der Waals surface area contributed by atoms with Crippen LogP contribution >= 0.6 is 0 Å². The van der Waals surface area contributed by atoms with E-state index in [-0.39, 0.29) is 6.04 Å². The Hall–Kier alpha value is 0.0300. The summed E-state index contributed by atoms with van der Waals surface area (Å²) in [6.45, 7) is 5.11. The molecule has 5 unspecified atom stereocenters. The van der Waals surface area contributed by atoms with Crippen molar-refractivity contribution in [1.29, 1.82) is 0 Å². The molecule has 0 spiro atoms. The van der Waals surface area contributed by atoms with Gasteiger partial charge in [0.15, 0.2) is 0 Å². The lowest BCUT2D eigenvalue weighted by Crippen LogP contribution is -2.39. The minimum Gasteiger partial charge on any atom is -0.389 e. The van der Waals surface area contributed by atoms with E-state index in [9.17, 15) is 9.32 Å². The first kappa shape index (κ1) is 17.1. The van der Waals surface area contributed by atoms with E-state index >= 15 is 0 Å². The third-order valence-corrected chi connectivity index (χ3v) is 4.69. The number of aliphatic hydroxyl groups excluding tert-OH is 1. The van der Waals surface area contributed by atoms with Gasteiger partial charge in [0, 0.05) is 35.4 Å². The average Bonchev–Trinajstić information content (AvgIpc) is 2.34. The second kappa shape index (κ2) is 9.06. The smallest absolute Gasteiger partial charge is 0.0897 e. The zero-order chi connectivity index (χ0) is 14.3. The molecule has 5 heteroatoms. The molecule has 19 heavy (non-hydrogen) atoms. The van der Waals surface area contributed by atoms with E-state index < -0.39 is 16.9 Å². The first-order valence-electron chi connectivity index (χ1n) is 7.32. The van der Waals surface area contributed by atoms with Crippen LogP contribution in [0.4, 0.5) is 0 Å². The van der Waals surface area contributed by atoms with Crippen molar-refractivity contribution in [3.05, 3.63) is 0 Å². The van der Waals surface area contributed by atoms with Gasteiger partial charge >= 0.3 is 0 Å². The summed E-state index contributed by atoms with van der Waals surface area (Å²) in [6, 6.07) is 0.161. The Bertz CT molecular complexity index is 275. The standard InChI is InChI=1S/C14H29NO3S/c1-11-6-4-5-7-14(11)18-9-13(16)8-15-12(2)10-19(3)17/h11-16H,4-10H2,1-3H3. The summed E-state index contributed by atoms with van der Waals surface area (Å²) in [6.07, 6.45) is 6.41. The van der Waals surface area contributed by atoms with Gasteiger partial charge < -0.3 is 15.2 Å². The van der Waals surface area contributed by atoms with Gasteiger partial charge in [0.25, 0.3) is 0 Å². The summed E-state index contributed by atoms with van der Waals surface area (Å²) < 4.78 is 16.9. The Labute approximate surface area is 119 Å². The predicted molar refractivity (Wildman–Crippen MR) is 79.8 cm³/mol. The summed E-state index contributed by atoms with van der Waals surface area (Å²) in [5, 5.41) is 13.1. The molecule has 1 aliphatic carbocycles. The lowest BCUT2D eigenvalue weighted by atomic mass is 9.88. The highest BCUT2D eigenvalue weighted by Crippen LogP contribution is 2.26. The fraction of sp³-hybridized carbons (Fsp3) is 1.00. The van der Waals surface area contributed by atoms with E-state index in [1.807, 2.05) is 6.92 Å². The van der Waals surface area contributed by atoms with Crippen molar-refractivity contribution in [1.82, 2.24) is 5.32 Å². The monoisotopic (exact) mass is 291 g/mol. The maximum atomic E-state index is 11.1. The highest BCUT2D eigenvalue weighted by molar-refractivity contribution is 7.84. The Balaban J connectivity index is 2.13. The van der Waals surface area contributed by atoms with Crippen LogP contribution < -0.4 is 5.32 Å². The van der Waals surface area contributed by atoms with Crippen LogP contribution in [0.5, 0.6) is 0 Å². The second-order valence-electron chi connectivity index (χ2n) is 5.84. The van der Waals surface area contributed by atoms with E-state index in [0.717, 1.165) is 6.42 Å². The van der Waals surface area contributed by atoms with E-state index in [1.165, 1.54) is 19.3 Å². The molecule has 0 radical (unpaired) electrons. The largest absolute Gasteiger partial charge is 0.389 e. The number of hydrogen-bond donors (Lipinski definition) is 2. The molecule has 0 saturated heterocycles. The maximum absolute atomic E-state index is 11.1. The Morgan fingerprint density at radius 2 is 2.11 bits per heavy atom. The molecule has 0 aromatic carbocycles. The van der Waals surface area contributed by atoms with Gasteiger partial charge in [-0.2, -0.15) is 0 Å². The molecule has 1 fully saturated rings. The lowest BCUT2D eigenvalue weighted by molar-refractivity contribution is -0.0454. The van der Waals surface area contributed by atoms with Crippen LogP contribution in [-0.4, -0.2) is 52.7 Å². The van der Waals surface area contributed by atoms with Crippen molar-refractivity contribution in [2.45, 2.75) is 57.8 Å². The fourth-order valence-corrected chi connectivity index (χ4v) is 3.39. The van der Waals surface area contributed by atoms with Crippen molar-refractivity contribution < 1.29 is 14.1 Å². The van der Waals surface area contributed by atoms with Gasteiger partial charge in [-0.1, -0.05) is 19.8 Å². The third kappa shape index (κ3) is 7.40. The van der Waals surface area contributed by atoms with Crippen LogP contribution in [0.25, 0.3) is 0 Å². The lowest BCUT2D eigenvalue weighted by Gasteiger charge is -2.29. The molecule has 114 valence electrons. The molecular formula is C14H29NO3S. The van der Waals surface area contributed by atoms with Crippen LogP contribution in [0.2, 0.25) is 0 Å². The van der Waals surface area contributed by atoms with Crippen LogP contribution in [0.1, 0.15) is 39.5 Å². The molecule has 1 rings (SSSR count). The zero-order valence-electron chi connectivity index (χ0n) is 12.4. The number of hydrogen-bond acceptors (Lipinski definition) is 4. The second-order valence-corrected chi connectivity index (χ2v) is 7.32. The highest BCUT2D eigenvalue weighted by atomic mass is 32.2. The predicted octanol–water partition coefficient (Wildman–Crippen LogP) is 1.30. The summed E-state index contributed by atoms with van der Waals surface area (Å²) in [5.41, 5.74) is 0. The molecule has 0 aromatic rings. The molecule has 2 N–H and O–H groups in total. The Morgan fingerprint density at radius 1 is 1.42 bits per heavy atom. The van der Waals surface area contributed by atoms with Gasteiger partial charge in [0.1, 0.15) is 0 Å². The first-order valence-corrected chi connectivity index (χ1v) is 9.04. The SMILES string of the molecule is CC(CS(C)=O)NCC(O)COC1CCCCC1C. The van der Waals surface area contributed by atoms with E-state index in [2.05, 4.69) is 12.2 Å². The van der Waals surface area contributed by atoms with Crippen molar-refractivity contribution >= 4 is 10.8 Å². The fourth-order valence-electron chi connectivity index (χ4n) is 2.57. The van der Waals surface area contributed by atoms with E-state index in [0.29, 0.717) is 30.9 Å². The molecule has 5 atom stereocenters. The van der Waals surface area contributed by atoms with Gasteiger partial charge in [-0.15, -0.1) is 0 Å². The quantitative estimate of drug-likeness (QED) is 0.708. The summed E-state index contributed by atoms with van der Waals surface area (Å²) >= 11 is 0. The molecule has 0 bridgehead atoms. The number of ether oxygens (including phenoxy) is 1. The third-order valence-electron chi connectivity index (χ3n) is 3.72. The molecule has 0 heterocycles. The number of nitrogens with one attached hydrogen (secondary N) is 1. The average molecular weight is 291 g/mol. The van der Waals surface area contributed by atoms with Crippen molar-refractivity contribution in [3.63, 3.8) is 0 Å². The van der Waals surface area contributed by atoms with Gasteiger partial charge in [-0.3, -0.25) is 4.21 Å². The minimum atomic E-state index is -0.798. The first-order chi connectivity index (χ1) is 8.99. The van der Waals surface area contributed by atoms with Gasteiger partial charge in [-0.25, -0.2) is 0 Å². The summed E-state index contributed by atoms with van der Waals surface area (Å²) in [4.78, 5) is 0. The molecule has 1 aliphatic rings. The summed E-state index contributed by atoms with van der Waals surface area (Å²) in [5.74, 6) is 1.23. The van der Waals surface area contributed by atoms with Crippen LogP contribution in [0.3, 0.4) is 0 Å².